The lowest BCUT2D eigenvalue weighted by Crippen LogP contribution is -2.64. The first-order valence-corrected chi connectivity index (χ1v) is 15.7. The average Bonchev–Trinajstić information content (AvgIpc) is 3.36. The second kappa shape index (κ2) is 9.45. The van der Waals surface area contributed by atoms with E-state index in [4.69, 9.17) is 18.3 Å². The van der Waals surface area contributed by atoms with Gasteiger partial charge < -0.3 is 18.3 Å². The number of hydrogen-bond donors (Lipinski definition) is 0. The van der Waals surface area contributed by atoms with Crippen LogP contribution in [0.1, 0.15) is 78.4 Å². The standard InChI is InChI=1S/C27H42O6Si/c1-7-34(8-2,9-3)33-21-11-10-19(24(28)30-6)26(4)14-12-20-25(29)32-22(18-13-15-31-17-18)16-27(20,5)23(21)26/h13,15,17,19-23H,7-12,14,16H2,1-6H3/t19-,20+,21-,22-,23-,26-,27-/m0/s1. The van der Waals surface area contributed by atoms with E-state index >= 15 is 0 Å². The van der Waals surface area contributed by atoms with E-state index in [2.05, 4.69) is 34.6 Å². The van der Waals surface area contributed by atoms with Crippen LogP contribution in [0.4, 0.5) is 0 Å². The van der Waals surface area contributed by atoms with E-state index in [1.807, 2.05) is 6.07 Å². The van der Waals surface area contributed by atoms with Crippen molar-refractivity contribution in [1.82, 2.24) is 0 Å². The molecule has 1 aromatic heterocycles. The average molecular weight is 491 g/mol. The number of fused-ring (bicyclic) bond motifs is 3. The summed E-state index contributed by atoms with van der Waals surface area (Å²) in [6, 6.07) is 5.14. The molecule has 0 bridgehead atoms. The molecule has 3 fully saturated rings. The van der Waals surface area contributed by atoms with Crippen LogP contribution in [0.15, 0.2) is 23.0 Å². The zero-order valence-corrected chi connectivity index (χ0v) is 22.7. The lowest BCUT2D eigenvalue weighted by molar-refractivity contribution is -0.218. The van der Waals surface area contributed by atoms with Gasteiger partial charge in [-0.25, -0.2) is 0 Å². The van der Waals surface area contributed by atoms with E-state index in [0.29, 0.717) is 0 Å². The quantitative estimate of drug-likeness (QED) is 0.331. The fourth-order valence-electron chi connectivity index (χ4n) is 7.92. The summed E-state index contributed by atoms with van der Waals surface area (Å²) in [6.07, 6.45) is 6.90. The Morgan fingerprint density at radius 1 is 1.12 bits per heavy atom. The van der Waals surface area contributed by atoms with Crippen LogP contribution in [0, 0.1) is 28.6 Å². The molecule has 190 valence electrons. The van der Waals surface area contributed by atoms with Gasteiger partial charge in [-0.15, -0.1) is 0 Å². The highest BCUT2D eigenvalue weighted by molar-refractivity contribution is 6.73. The Morgan fingerprint density at radius 2 is 1.82 bits per heavy atom. The summed E-state index contributed by atoms with van der Waals surface area (Å²) in [7, 11) is -0.403. The summed E-state index contributed by atoms with van der Waals surface area (Å²) < 4.78 is 23.8. The van der Waals surface area contributed by atoms with E-state index in [0.717, 1.165) is 55.8 Å². The Balaban J connectivity index is 1.79. The Bertz CT molecular complexity index is 871. The molecule has 0 unspecified atom stereocenters. The van der Waals surface area contributed by atoms with Gasteiger partial charge in [0, 0.05) is 11.7 Å². The smallest absolute Gasteiger partial charge is 0.310 e. The van der Waals surface area contributed by atoms with Crippen LogP contribution in [0.3, 0.4) is 0 Å². The van der Waals surface area contributed by atoms with E-state index in [1.54, 1.807) is 12.5 Å². The molecule has 7 atom stereocenters. The molecule has 0 spiro atoms. The topological polar surface area (TPSA) is 75.0 Å². The van der Waals surface area contributed by atoms with Crippen LogP contribution in [-0.2, 0) is 23.5 Å². The first kappa shape index (κ1) is 25.5. The summed E-state index contributed by atoms with van der Waals surface area (Å²) in [6.45, 7) is 11.3. The molecule has 0 radical (unpaired) electrons. The Kier molecular flexibility index (Phi) is 7.09. The molecule has 0 amide bonds. The van der Waals surface area contributed by atoms with Crippen LogP contribution in [0.25, 0.3) is 0 Å². The van der Waals surface area contributed by atoms with Crippen molar-refractivity contribution in [1.29, 1.82) is 0 Å². The van der Waals surface area contributed by atoms with Crippen molar-refractivity contribution in [3.8, 4) is 0 Å². The molecule has 2 saturated carbocycles. The van der Waals surface area contributed by atoms with Gasteiger partial charge in [0.05, 0.1) is 31.5 Å². The highest BCUT2D eigenvalue weighted by atomic mass is 28.4. The molecule has 2 heterocycles. The van der Waals surface area contributed by atoms with Gasteiger partial charge in [0.1, 0.15) is 6.10 Å². The Morgan fingerprint density at radius 3 is 2.41 bits per heavy atom. The zero-order chi connectivity index (χ0) is 24.7. The summed E-state index contributed by atoms with van der Waals surface area (Å²) >= 11 is 0. The van der Waals surface area contributed by atoms with Gasteiger partial charge in [0.25, 0.3) is 0 Å². The molecular formula is C27H42O6Si. The minimum atomic E-state index is -1.90. The van der Waals surface area contributed by atoms with E-state index < -0.39 is 8.32 Å². The number of carbonyl (C=O) groups excluding carboxylic acids is 2. The highest BCUT2D eigenvalue weighted by Crippen LogP contribution is 2.66. The number of methoxy groups -OCH3 is 1. The van der Waals surface area contributed by atoms with Crippen molar-refractivity contribution in [2.24, 2.45) is 28.6 Å². The molecular weight excluding hydrogens is 448 g/mol. The van der Waals surface area contributed by atoms with Gasteiger partial charge in [0.2, 0.25) is 0 Å². The minimum absolute atomic E-state index is 0.0427. The lowest BCUT2D eigenvalue weighted by atomic mass is 9.43. The zero-order valence-electron chi connectivity index (χ0n) is 21.7. The molecule has 1 saturated heterocycles. The molecule has 0 N–H and O–H groups in total. The van der Waals surface area contributed by atoms with Gasteiger partial charge in [-0.3, -0.25) is 9.59 Å². The predicted molar refractivity (Wildman–Crippen MR) is 131 cm³/mol. The molecule has 4 rings (SSSR count). The van der Waals surface area contributed by atoms with Crippen molar-refractivity contribution in [2.75, 3.05) is 7.11 Å². The van der Waals surface area contributed by atoms with Crippen molar-refractivity contribution in [3.63, 3.8) is 0 Å². The molecule has 34 heavy (non-hydrogen) atoms. The van der Waals surface area contributed by atoms with E-state index in [9.17, 15) is 9.59 Å². The number of cyclic esters (lactones) is 1. The summed E-state index contributed by atoms with van der Waals surface area (Å²) in [5.41, 5.74) is 0.282. The maximum absolute atomic E-state index is 13.4. The molecule has 6 nitrogen and oxygen atoms in total. The fourth-order valence-corrected chi connectivity index (χ4v) is 10.8. The van der Waals surface area contributed by atoms with Gasteiger partial charge in [-0.1, -0.05) is 34.6 Å². The highest BCUT2D eigenvalue weighted by Gasteiger charge is 2.66. The number of esters is 2. The molecule has 1 aliphatic heterocycles. The number of rotatable bonds is 7. The largest absolute Gasteiger partial charge is 0.472 e. The van der Waals surface area contributed by atoms with Gasteiger partial charge in [-0.2, -0.15) is 0 Å². The number of furan rings is 1. The van der Waals surface area contributed by atoms with E-state index in [-0.39, 0.29) is 52.7 Å². The van der Waals surface area contributed by atoms with Crippen LogP contribution in [-0.4, -0.2) is 33.5 Å². The van der Waals surface area contributed by atoms with Gasteiger partial charge in [0.15, 0.2) is 8.32 Å². The first-order chi connectivity index (χ1) is 16.2. The monoisotopic (exact) mass is 490 g/mol. The predicted octanol–water partition coefficient (Wildman–Crippen LogP) is 6.28. The van der Waals surface area contributed by atoms with Crippen LogP contribution >= 0.6 is 0 Å². The number of ether oxygens (including phenoxy) is 2. The second-order valence-corrected chi connectivity index (χ2v) is 16.0. The van der Waals surface area contributed by atoms with Crippen LogP contribution in [0.5, 0.6) is 0 Å². The molecule has 0 aromatic carbocycles. The molecule has 2 aliphatic carbocycles. The van der Waals surface area contributed by atoms with Crippen LogP contribution in [0.2, 0.25) is 18.1 Å². The third-order valence-corrected chi connectivity index (χ3v) is 14.7. The SMILES string of the molecule is CC[Si](CC)(CC)O[C@H]1CC[C@@H](C(=O)OC)[C@]2(C)CC[C@@H]3C(=O)O[C@H](c4ccoc4)C[C@]3(C)[C@@H]12. The Labute approximate surface area is 205 Å². The summed E-state index contributed by atoms with van der Waals surface area (Å²) in [4.78, 5) is 26.4. The first-order valence-electron chi connectivity index (χ1n) is 13.2. The molecule has 1 aromatic rings. The van der Waals surface area contributed by atoms with Crippen molar-refractivity contribution >= 4 is 20.3 Å². The van der Waals surface area contributed by atoms with Gasteiger partial charge in [-0.05, 0) is 73.1 Å². The fraction of sp³-hybridized carbons (Fsp3) is 0.778. The number of hydrogen-bond acceptors (Lipinski definition) is 6. The van der Waals surface area contributed by atoms with Crippen molar-refractivity contribution in [3.05, 3.63) is 24.2 Å². The normalized spacial score (nSPS) is 37.9. The summed E-state index contributed by atoms with van der Waals surface area (Å²) in [5, 5.41) is 0. The lowest BCUT2D eigenvalue weighted by Gasteiger charge is -2.64. The maximum atomic E-state index is 13.4. The minimum Gasteiger partial charge on any atom is -0.472 e. The summed E-state index contributed by atoms with van der Waals surface area (Å²) in [5.74, 6) is -0.521. The van der Waals surface area contributed by atoms with Crippen LogP contribution < -0.4 is 0 Å². The van der Waals surface area contributed by atoms with Crippen molar-refractivity contribution < 1.29 is 27.9 Å². The molecule has 3 aliphatic rings. The molecule has 7 heteroatoms. The third kappa shape index (κ3) is 3.96. The third-order valence-electron chi connectivity index (χ3n) is 10.00. The number of carbonyl (C=O) groups is 2. The van der Waals surface area contributed by atoms with E-state index in [1.165, 1.54) is 7.11 Å². The maximum Gasteiger partial charge on any atom is 0.310 e. The van der Waals surface area contributed by atoms with Crippen molar-refractivity contribution in [2.45, 2.75) is 97.1 Å². The second-order valence-electron chi connectivity index (χ2n) is 11.3. The van der Waals surface area contributed by atoms with Gasteiger partial charge >= 0.3 is 11.9 Å². The Hall–Kier alpha value is -1.60.